The van der Waals surface area contributed by atoms with Crippen LogP contribution in [0.4, 0.5) is 0 Å². The predicted molar refractivity (Wildman–Crippen MR) is 67.3 cm³/mol. The minimum atomic E-state index is -3.14. The van der Waals surface area contributed by atoms with Crippen LogP contribution in [0.1, 0.15) is 24.9 Å². The Morgan fingerprint density at radius 3 is 2.50 bits per heavy atom. The van der Waals surface area contributed by atoms with Crippen LogP contribution in [0.3, 0.4) is 0 Å². The van der Waals surface area contributed by atoms with Gasteiger partial charge in [0, 0.05) is 17.3 Å². The molecular weight excluding hydrogens is 246 g/mol. The maximum absolute atomic E-state index is 11.5. The van der Waals surface area contributed by atoms with E-state index in [4.69, 9.17) is 17.3 Å². The lowest BCUT2D eigenvalue weighted by Gasteiger charge is -2.21. The highest BCUT2D eigenvalue weighted by atomic mass is 35.5. The Hall–Kier alpha value is -0.580. The van der Waals surface area contributed by atoms with Crippen molar-refractivity contribution in [2.75, 3.05) is 6.26 Å². The first-order valence-electron chi connectivity index (χ1n) is 5.06. The molecule has 0 spiro atoms. The van der Waals surface area contributed by atoms with Crippen molar-refractivity contribution in [3.8, 4) is 0 Å². The molecule has 0 aliphatic rings. The molecule has 0 radical (unpaired) electrons. The summed E-state index contributed by atoms with van der Waals surface area (Å²) < 4.78 is 23.1. The quantitative estimate of drug-likeness (QED) is 0.904. The van der Waals surface area contributed by atoms with Crippen LogP contribution in [-0.2, 0) is 9.84 Å². The Labute approximate surface area is 102 Å². The fraction of sp³-hybridized carbons (Fsp3) is 0.455. The van der Waals surface area contributed by atoms with Crippen molar-refractivity contribution in [2.45, 2.75) is 24.6 Å². The monoisotopic (exact) mass is 261 g/mol. The number of benzene rings is 1. The summed E-state index contributed by atoms with van der Waals surface area (Å²) in [6.07, 6.45) is 1.71. The van der Waals surface area contributed by atoms with Gasteiger partial charge in [-0.1, -0.05) is 30.7 Å². The smallest absolute Gasteiger partial charge is 0.152 e. The van der Waals surface area contributed by atoms with Gasteiger partial charge < -0.3 is 5.73 Å². The molecule has 90 valence electrons. The molecule has 1 aromatic rings. The molecule has 0 fully saturated rings. The molecule has 0 unspecified atom stereocenters. The molecule has 2 atom stereocenters. The third-order valence-corrected chi connectivity index (χ3v) is 4.55. The van der Waals surface area contributed by atoms with E-state index in [1.54, 1.807) is 24.3 Å². The zero-order chi connectivity index (χ0) is 12.3. The van der Waals surface area contributed by atoms with Gasteiger partial charge in [0.1, 0.15) is 0 Å². The van der Waals surface area contributed by atoms with Gasteiger partial charge in [0.15, 0.2) is 9.84 Å². The van der Waals surface area contributed by atoms with E-state index in [2.05, 4.69) is 0 Å². The van der Waals surface area contributed by atoms with Crippen LogP contribution in [0.15, 0.2) is 24.3 Å². The highest BCUT2D eigenvalue weighted by Gasteiger charge is 2.27. The molecule has 0 aliphatic carbocycles. The maximum atomic E-state index is 11.5. The molecule has 1 rings (SSSR count). The van der Waals surface area contributed by atoms with Gasteiger partial charge in [-0.2, -0.15) is 0 Å². The topological polar surface area (TPSA) is 60.2 Å². The lowest BCUT2D eigenvalue weighted by molar-refractivity contribution is 0.553. The average molecular weight is 262 g/mol. The molecule has 0 heterocycles. The Kier molecular flexibility index (Phi) is 4.35. The van der Waals surface area contributed by atoms with Gasteiger partial charge in [-0.25, -0.2) is 8.42 Å². The van der Waals surface area contributed by atoms with Crippen molar-refractivity contribution in [3.63, 3.8) is 0 Å². The van der Waals surface area contributed by atoms with E-state index in [1.807, 2.05) is 6.92 Å². The summed E-state index contributed by atoms with van der Waals surface area (Å²) in [6, 6.07) is 6.48. The van der Waals surface area contributed by atoms with Gasteiger partial charge in [-0.05, 0) is 24.1 Å². The zero-order valence-electron chi connectivity index (χ0n) is 9.35. The lowest BCUT2D eigenvalue weighted by Crippen LogP contribution is -2.32. The first-order valence-corrected chi connectivity index (χ1v) is 7.39. The van der Waals surface area contributed by atoms with Crippen LogP contribution in [0.2, 0.25) is 5.02 Å². The lowest BCUT2D eigenvalue weighted by atomic mass is 10.0. The molecule has 3 nitrogen and oxygen atoms in total. The number of hydrogen-bond acceptors (Lipinski definition) is 3. The zero-order valence-corrected chi connectivity index (χ0v) is 10.9. The number of sulfone groups is 1. The average Bonchev–Trinajstić information content (AvgIpc) is 2.16. The van der Waals surface area contributed by atoms with Crippen molar-refractivity contribution in [2.24, 2.45) is 5.73 Å². The molecule has 16 heavy (non-hydrogen) atoms. The molecule has 0 aliphatic heterocycles. The largest absolute Gasteiger partial charge is 0.323 e. The van der Waals surface area contributed by atoms with Gasteiger partial charge in [-0.3, -0.25) is 0 Å². The summed E-state index contributed by atoms with van der Waals surface area (Å²) in [5.74, 6) is 0. The van der Waals surface area contributed by atoms with Gasteiger partial charge >= 0.3 is 0 Å². The molecule has 0 bridgehead atoms. The maximum Gasteiger partial charge on any atom is 0.152 e. The second-order valence-corrected chi connectivity index (χ2v) is 6.56. The summed E-state index contributed by atoms with van der Waals surface area (Å²) in [4.78, 5) is 0. The second kappa shape index (κ2) is 5.17. The van der Waals surface area contributed by atoms with Crippen LogP contribution in [-0.4, -0.2) is 19.9 Å². The van der Waals surface area contributed by atoms with Crippen molar-refractivity contribution in [3.05, 3.63) is 34.9 Å². The number of hydrogen-bond donors (Lipinski definition) is 1. The molecular formula is C11H16ClNO2S. The standard InChI is InChI=1S/C11H16ClNO2S/c1-3-10(16(2,14)15)11(13)8-5-4-6-9(12)7-8/h4-7,10-11H,3,13H2,1-2H3/t10-,11+/m0/s1. The van der Waals surface area contributed by atoms with Gasteiger partial charge in [0.25, 0.3) is 0 Å². The van der Waals surface area contributed by atoms with E-state index in [1.165, 1.54) is 6.26 Å². The van der Waals surface area contributed by atoms with Crippen LogP contribution < -0.4 is 5.73 Å². The molecule has 0 saturated carbocycles. The SMILES string of the molecule is CC[C@@H]([C@H](N)c1cccc(Cl)c1)S(C)(=O)=O. The normalized spacial score (nSPS) is 15.8. The highest BCUT2D eigenvalue weighted by molar-refractivity contribution is 7.91. The molecule has 0 aromatic heterocycles. The van der Waals surface area contributed by atoms with Crippen molar-refractivity contribution in [1.82, 2.24) is 0 Å². The van der Waals surface area contributed by atoms with Gasteiger partial charge in [-0.15, -0.1) is 0 Å². The molecule has 0 saturated heterocycles. The fourth-order valence-corrected chi connectivity index (χ4v) is 3.25. The van der Waals surface area contributed by atoms with Crippen LogP contribution in [0.25, 0.3) is 0 Å². The van der Waals surface area contributed by atoms with Crippen molar-refractivity contribution >= 4 is 21.4 Å². The van der Waals surface area contributed by atoms with E-state index < -0.39 is 21.1 Å². The second-order valence-electron chi connectivity index (χ2n) is 3.86. The van der Waals surface area contributed by atoms with E-state index >= 15 is 0 Å². The Bertz CT molecular complexity index is 459. The fourth-order valence-electron chi connectivity index (χ4n) is 1.75. The van der Waals surface area contributed by atoms with E-state index in [0.29, 0.717) is 11.4 Å². The molecule has 0 amide bonds. The predicted octanol–water partition coefficient (Wildman–Crippen LogP) is 2.16. The van der Waals surface area contributed by atoms with E-state index in [0.717, 1.165) is 5.56 Å². The Morgan fingerprint density at radius 1 is 1.44 bits per heavy atom. The van der Waals surface area contributed by atoms with Gasteiger partial charge in [0.05, 0.1) is 5.25 Å². The Balaban J connectivity index is 3.05. The van der Waals surface area contributed by atoms with Gasteiger partial charge in [0.2, 0.25) is 0 Å². The summed E-state index contributed by atoms with van der Waals surface area (Å²) in [7, 11) is -3.14. The van der Waals surface area contributed by atoms with Crippen LogP contribution in [0, 0.1) is 0 Å². The highest BCUT2D eigenvalue weighted by Crippen LogP contribution is 2.24. The molecule has 5 heteroatoms. The van der Waals surface area contributed by atoms with Crippen LogP contribution >= 0.6 is 11.6 Å². The van der Waals surface area contributed by atoms with Crippen molar-refractivity contribution < 1.29 is 8.42 Å². The third kappa shape index (κ3) is 3.20. The molecule has 2 N–H and O–H groups in total. The number of halogens is 1. The number of rotatable bonds is 4. The summed E-state index contributed by atoms with van der Waals surface area (Å²) in [6.45, 7) is 1.82. The molecule has 1 aromatic carbocycles. The number of nitrogens with two attached hydrogens (primary N) is 1. The van der Waals surface area contributed by atoms with E-state index in [9.17, 15) is 8.42 Å². The summed E-state index contributed by atoms with van der Waals surface area (Å²) in [5, 5.41) is 0.00210. The summed E-state index contributed by atoms with van der Waals surface area (Å²) >= 11 is 5.85. The van der Waals surface area contributed by atoms with Crippen LogP contribution in [0.5, 0.6) is 0 Å². The minimum Gasteiger partial charge on any atom is -0.323 e. The van der Waals surface area contributed by atoms with E-state index in [-0.39, 0.29) is 0 Å². The van der Waals surface area contributed by atoms with Crippen molar-refractivity contribution in [1.29, 1.82) is 0 Å². The first-order chi connectivity index (χ1) is 7.36. The third-order valence-electron chi connectivity index (χ3n) is 2.59. The minimum absolute atomic E-state index is 0.493. The summed E-state index contributed by atoms with van der Waals surface area (Å²) in [5.41, 5.74) is 6.72. The first kappa shape index (κ1) is 13.5. The Morgan fingerprint density at radius 2 is 2.06 bits per heavy atom.